The van der Waals surface area contributed by atoms with Crippen molar-refractivity contribution < 1.29 is 0 Å². The quantitative estimate of drug-likeness (QED) is 0.772. The number of piperidine rings is 1. The Morgan fingerprint density at radius 2 is 2.00 bits per heavy atom. The Hall–Kier alpha value is -0.860. The van der Waals surface area contributed by atoms with Gasteiger partial charge in [0.05, 0.1) is 0 Å². The van der Waals surface area contributed by atoms with Crippen LogP contribution in [0.25, 0.3) is 0 Å². The summed E-state index contributed by atoms with van der Waals surface area (Å²) in [4.78, 5) is 0. The Labute approximate surface area is 91.9 Å². The van der Waals surface area contributed by atoms with Crippen LogP contribution in [-0.4, -0.2) is 13.1 Å². The van der Waals surface area contributed by atoms with Crippen LogP contribution in [0.3, 0.4) is 0 Å². The lowest BCUT2D eigenvalue weighted by Crippen LogP contribution is -2.26. The van der Waals surface area contributed by atoms with E-state index in [1.165, 1.54) is 29.5 Å². The Kier molecular flexibility index (Phi) is 3.39. The lowest BCUT2D eigenvalue weighted by molar-refractivity contribution is 0.460. The zero-order valence-electron chi connectivity index (χ0n) is 9.42. The molecule has 1 heterocycles. The SMILES string of the molecule is Cc1cc(CN)cc(C2CCNCC2)c1. The molecule has 0 spiro atoms. The van der Waals surface area contributed by atoms with E-state index in [1.54, 1.807) is 0 Å². The summed E-state index contributed by atoms with van der Waals surface area (Å²) < 4.78 is 0. The van der Waals surface area contributed by atoms with Crippen LogP contribution in [0.1, 0.15) is 35.4 Å². The fraction of sp³-hybridized carbons (Fsp3) is 0.538. The number of aryl methyl sites for hydroxylation is 1. The smallest absolute Gasteiger partial charge is 0.0178 e. The maximum atomic E-state index is 5.70. The minimum Gasteiger partial charge on any atom is -0.326 e. The third-order valence-corrected chi connectivity index (χ3v) is 3.21. The summed E-state index contributed by atoms with van der Waals surface area (Å²) >= 11 is 0. The Balaban J connectivity index is 2.22. The second-order valence-corrected chi connectivity index (χ2v) is 4.48. The fourth-order valence-corrected chi connectivity index (χ4v) is 2.40. The molecular formula is C13H20N2. The van der Waals surface area contributed by atoms with Crippen LogP contribution in [0.15, 0.2) is 18.2 Å². The first-order valence-electron chi connectivity index (χ1n) is 5.81. The van der Waals surface area contributed by atoms with Crippen molar-refractivity contribution in [1.82, 2.24) is 5.32 Å². The molecule has 1 aromatic carbocycles. The van der Waals surface area contributed by atoms with Crippen LogP contribution in [0.2, 0.25) is 0 Å². The fourth-order valence-electron chi connectivity index (χ4n) is 2.40. The van der Waals surface area contributed by atoms with Crippen molar-refractivity contribution in [2.45, 2.75) is 32.2 Å². The highest BCUT2D eigenvalue weighted by Gasteiger charge is 2.15. The van der Waals surface area contributed by atoms with Crippen LogP contribution >= 0.6 is 0 Å². The number of rotatable bonds is 2. The first-order valence-corrected chi connectivity index (χ1v) is 5.81. The van der Waals surface area contributed by atoms with Crippen molar-refractivity contribution in [2.24, 2.45) is 5.73 Å². The second-order valence-electron chi connectivity index (χ2n) is 4.48. The van der Waals surface area contributed by atoms with Gasteiger partial charge in [0.25, 0.3) is 0 Å². The summed E-state index contributed by atoms with van der Waals surface area (Å²) in [7, 11) is 0. The molecule has 1 aliphatic heterocycles. The topological polar surface area (TPSA) is 38.0 Å². The van der Waals surface area contributed by atoms with Crippen molar-refractivity contribution in [1.29, 1.82) is 0 Å². The van der Waals surface area contributed by atoms with E-state index in [-0.39, 0.29) is 0 Å². The van der Waals surface area contributed by atoms with Crippen LogP contribution in [0.5, 0.6) is 0 Å². The van der Waals surface area contributed by atoms with E-state index in [0.717, 1.165) is 19.0 Å². The lowest BCUT2D eigenvalue weighted by atomic mass is 9.88. The van der Waals surface area contributed by atoms with Crippen molar-refractivity contribution >= 4 is 0 Å². The summed E-state index contributed by atoms with van der Waals surface area (Å²) in [5, 5.41) is 3.40. The molecule has 0 aliphatic carbocycles. The van der Waals surface area contributed by atoms with E-state index in [1.807, 2.05) is 0 Å². The van der Waals surface area contributed by atoms with Crippen molar-refractivity contribution in [3.05, 3.63) is 34.9 Å². The highest BCUT2D eigenvalue weighted by atomic mass is 14.9. The lowest BCUT2D eigenvalue weighted by Gasteiger charge is -2.23. The molecule has 0 bridgehead atoms. The molecule has 2 rings (SSSR count). The van der Waals surface area contributed by atoms with Gasteiger partial charge in [0, 0.05) is 6.54 Å². The van der Waals surface area contributed by atoms with Crippen LogP contribution in [-0.2, 0) is 6.54 Å². The number of hydrogen-bond donors (Lipinski definition) is 2. The first kappa shape index (κ1) is 10.7. The normalized spacial score (nSPS) is 18.0. The van der Waals surface area contributed by atoms with Gasteiger partial charge in [-0.1, -0.05) is 23.8 Å². The monoisotopic (exact) mass is 204 g/mol. The highest BCUT2D eigenvalue weighted by molar-refractivity contribution is 5.32. The molecule has 0 atom stereocenters. The number of nitrogens with one attached hydrogen (secondary N) is 1. The Morgan fingerprint density at radius 3 is 2.67 bits per heavy atom. The minimum atomic E-state index is 0.652. The molecule has 82 valence electrons. The number of benzene rings is 1. The number of nitrogens with two attached hydrogens (primary N) is 1. The van der Waals surface area contributed by atoms with Gasteiger partial charge in [-0.25, -0.2) is 0 Å². The third-order valence-electron chi connectivity index (χ3n) is 3.21. The first-order chi connectivity index (χ1) is 7.29. The van der Waals surface area contributed by atoms with Crippen molar-refractivity contribution in [3.8, 4) is 0 Å². The predicted molar refractivity (Wildman–Crippen MR) is 63.9 cm³/mol. The number of hydrogen-bond acceptors (Lipinski definition) is 2. The minimum absolute atomic E-state index is 0.652. The molecule has 0 amide bonds. The molecule has 0 radical (unpaired) electrons. The van der Waals surface area contributed by atoms with Gasteiger partial charge >= 0.3 is 0 Å². The molecule has 0 unspecified atom stereocenters. The van der Waals surface area contributed by atoms with E-state index in [0.29, 0.717) is 6.54 Å². The van der Waals surface area contributed by atoms with E-state index >= 15 is 0 Å². The summed E-state index contributed by atoms with van der Waals surface area (Å²) in [6.07, 6.45) is 2.51. The van der Waals surface area contributed by atoms with E-state index < -0.39 is 0 Å². The molecule has 2 heteroatoms. The van der Waals surface area contributed by atoms with Crippen LogP contribution in [0, 0.1) is 6.92 Å². The summed E-state index contributed by atoms with van der Waals surface area (Å²) in [5.74, 6) is 0.733. The molecular weight excluding hydrogens is 184 g/mol. The van der Waals surface area contributed by atoms with Gasteiger partial charge in [-0.15, -0.1) is 0 Å². The predicted octanol–water partition coefficient (Wildman–Crippen LogP) is 1.92. The molecule has 2 nitrogen and oxygen atoms in total. The van der Waals surface area contributed by atoms with Crippen molar-refractivity contribution in [3.63, 3.8) is 0 Å². The molecule has 0 saturated carbocycles. The zero-order valence-corrected chi connectivity index (χ0v) is 9.42. The maximum absolute atomic E-state index is 5.70. The average Bonchev–Trinajstić information content (AvgIpc) is 2.29. The molecule has 1 saturated heterocycles. The highest BCUT2D eigenvalue weighted by Crippen LogP contribution is 2.26. The summed E-state index contributed by atoms with van der Waals surface area (Å²) in [6.45, 7) is 5.11. The molecule has 15 heavy (non-hydrogen) atoms. The largest absolute Gasteiger partial charge is 0.326 e. The van der Waals surface area contributed by atoms with Crippen LogP contribution in [0.4, 0.5) is 0 Å². The third kappa shape index (κ3) is 2.58. The van der Waals surface area contributed by atoms with Gasteiger partial charge in [-0.3, -0.25) is 0 Å². The van der Waals surface area contributed by atoms with Gasteiger partial charge in [-0.2, -0.15) is 0 Å². The standard InChI is InChI=1S/C13H20N2/c1-10-6-11(9-14)8-13(7-10)12-2-4-15-5-3-12/h6-8,12,15H,2-5,9,14H2,1H3. The van der Waals surface area contributed by atoms with Crippen LogP contribution < -0.4 is 11.1 Å². The summed E-state index contributed by atoms with van der Waals surface area (Å²) in [5.41, 5.74) is 9.79. The molecule has 0 aromatic heterocycles. The van der Waals surface area contributed by atoms with Gasteiger partial charge in [0.15, 0.2) is 0 Å². The molecule has 1 aliphatic rings. The molecule has 3 N–H and O–H groups in total. The van der Waals surface area contributed by atoms with Gasteiger partial charge in [0.2, 0.25) is 0 Å². The van der Waals surface area contributed by atoms with Gasteiger partial charge in [-0.05, 0) is 49.9 Å². The van der Waals surface area contributed by atoms with E-state index in [4.69, 9.17) is 5.73 Å². The maximum Gasteiger partial charge on any atom is 0.0178 e. The van der Waals surface area contributed by atoms with Gasteiger partial charge < -0.3 is 11.1 Å². The second kappa shape index (κ2) is 4.77. The summed E-state index contributed by atoms with van der Waals surface area (Å²) in [6, 6.07) is 6.78. The average molecular weight is 204 g/mol. The Bertz CT molecular complexity index is 327. The Morgan fingerprint density at radius 1 is 1.27 bits per heavy atom. The molecule has 1 aromatic rings. The van der Waals surface area contributed by atoms with E-state index in [9.17, 15) is 0 Å². The van der Waals surface area contributed by atoms with E-state index in [2.05, 4.69) is 30.4 Å². The zero-order chi connectivity index (χ0) is 10.7. The van der Waals surface area contributed by atoms with Crippen molar-refractivity contribution in [2.75, 3.05) is 13.1 Å². The van der Waals surface area contributed by atoms with Gasteiger partial charge in [0.1, 0.15) is 0 Å². The molecule has 1 fully saturated rings.